The number of morpholine rings is 1. The van der Waals surface area contributed by atoms with E-state index >= 15 is 0 Å². The Morgan fingerprint density at radius 1 is 1.56 bits per heavy atom. The molecule has 4 nitrogen and oxygen atoms in total. The van der Waals surface area contributed by atoms with Crippen molar-refractivity contribution in [1.29, 1.82) is 0 Å². The van der Waals surface area contributed by atoms with Gasteiger partial charge in [-0.1, -0.05) is 12.1 Å². The number of hydrogen-bond acceptors (Lipinski definition) is 2. The summed E-state index contributed by atoms with van der Waals surface area (Å²) in [7, 11) is 0. The van der Waals surface area contributed by atoms with Crippen LogP contribution in [0.2, 0.25) is 0 Å². The summed E-state index contributed by atoms with van der Waals surface area (Å²) < 4.78 is 18.4. The Kier molecular flexibility index (Phi) is 3.05. The fraction of sp³-hybridized carbons (Fsp3) is 0.364. The van der Waals surface area contributed by atoms with Crippen LogP contribution in [0, 0.1) is 5.82 Å². The first-order valence-corrected chi connectivity index (χ1v) is 5.02. The standard InChI is InChI=1S/C11H12FNO3/c12-9-3-1-2-8(6-9)10-7-13(11(14)15)4-5-16-10/h1-3,6,10H,4-5,7H2,(H,14,15)/t10-/m0/s1. The van der Waals surface area contributed by atoms with Gasteiger partial charge in [0.15, 0.2) is 0 Å². The summed E-state index contributed by atoms with van der Waals surface area (Å²) in [5, 5.41) is 8.85. The SMILES string of the molecule is O=C(O)N1CCO[C@H](c2cccc(F)c2)C1. The third-order valence-electron chi connectivity index (χ3n) is 2.56. The van der Waals surface area contributed by atoms with Crippen LogP contribution in [0.5, 0.6) is 0 Å². The van der Waals surface area contributed by atoms with Crippen molar-refractivity contribution in [2.24, 2.45) is 0 Å². The monoisotopic (exact) mass is 225 g/mol. The van der Waals surface area contributed by atoms with Crippen molar-refractivity contribution in [3.05, 3.63) is 35.6 Å². The van der Waals surface area contributed by atoms with Crippen LogP contribution >= 0.6 is 0 Å². The highest BCUT2D eigenvalue weighted by molar-refractivity contribution is 5.65. The molecule has 1 fully saturated rings. The molecule has 1 heterocycles. The summed E-state index contributed by atoms with van der Waals surface area (Å²) in [4.78, 5) is 12.1. The molecule has 1 aromatic carbocycles. The molecule has 16 heavy (non-hydrogen) atoms. The van der Waals surface area contributed by atoms with Gasteiger partial charge in [0.2, 0.25) is 0 Å². The molecular weight excluding hydrogens is 213 g/mol. The Balaban J connectivity index is 2.12. The number of nitrogens with zero attached hydrogens (tertiary/aromatic N) is 1. The maximum atomic E-state index is 13.0. The van der Waals surface area contributed by atoms with Crippen molar-refractivity contribution >= 4 is 6.09 Å². The number of carbonyl (C=O) groups is 1. The van der Waals surface area contributed by atoms with E-state index in [0.29, 0.717) is 18.7 Å². The summed E-state index contributed by atoms with van der Waals surface area (Å²) in [5.41, 5.74) is 0.672. The number of hydrogen-bond donors (Lipinski definition) is 1. The lowest BCUT2D eigenvalue weighted by Gasteiger charge is -2.31. The van der Waals surface area contributed by atoms with Gasteiger partial charge < -0.3 is 14.7 Å². The Hall–Kier alpha value is -1.62. The molecule has 0 saturated carbocycles. The van der Waals surface area contributed by atoms with Gasteiger partial charge in [-0.05, 0) is 17.7 Å². The van der Waals surface area contributed by atoms with E-state index in [-0.39, 0.29) is 18.5 Å². The Labute approximate surface area is 92.2 Å². The van der Waals surface area contributed by atoms with Gasteiger partial charge in [-0.15, -0.1) is 0 Å². The highest BCUT2D eigenvalue weighted by Crippen LogP contribution is 2.22. The Morgan fingerprint density at radius 3 is 3.06 bits per heavy atom. The van der Waals surface area contributed by atoms with Crippen LogP contribution < -0.4 is 0 Å². The van der Waals surface area contributed by atoms with E-state index in [2.05, 4.69) is 0 Å². The minimum atomic E-state index is -0.968. The normalized spacial score (nSPS) is 20.8. The van der Waals surface area contributed by atoms with Crippen molar-refractivity contribution in [3.63, 3.8) is 0 Å². The smallest absolute Gasteiger partial charge is 0.407 e. The molecule has 0 aromatic heterocycles. The summed E-state index contributed by atoms with van der Waals surface area (Å²) >= 11 is 0. The number of benzene rings is 1. The minimum Gasteiger partial charge on any atom is -0.465 e. The lowest BCUT2D eigenvalue weighted by molar-refractivity contribution is -0.0233. The van der Waals surface area contributed by atoms with E-state index in [0.717, 1.165) is 0 Å². The van der Waals surface area contributed by atoms with Crippen molar-refractivity contribution < 1.29 is 19.0 Å². The molecular formula is C11H12FNO3. The molecule has 0 radical (unpaired) electrons. The predicted octanol–water partition coefficient (Wildman–Crippen LogP) is 1.88. The number of amides is 1. The second-order valence-corrected chi connectivity index (χ2v) is 3.64. The molecule has 0 unspecified atom stereocenters. The van der Waals surface area contributed by atoms with Crippen molar-refractivity contribution in [2.75, 3.05) is 19.7 Å². The molecule has 1 saturated heterocycles. The van der Waals surface area contributed by atoms with Crippen molar-refractivity contribution in [1.82, 2.24) is 4.90 Å². The maximum Gasteiger partial charge on any atom is 0.407 e. The molecule has 86 valence electrons. The van der Waals surface area contributed by atoms with Gasteiger partial charge in [-0.25, -0.2) is 9.18 Å². The second kappa shape index (κ2) is 4.49. The molecule has 0 bridgehead atoms. The Bertz CT molecular complexity index is 397. The number of rotatable bonds is 1. The van der Waals surface area contributed by atoms with Crippen LogP contribution in [0.1, 0.15) is 11.7 Å². The van der Waals surface area contributed by atoms with E-state index < -0.39 is 6.09 Å². The van der Waals surface area contributed by atoms with Gasteiger partial charge in [-0.3, -0.25) is 0 Å². The molecule has 0 spiro atoms. The fourth-order valence-corrected chi connectivity index (χ4v) is 1.73. The van der Waals surface area contributed by atoms with Gasteiger partial charge in [-0.2, -0.15) is 0 Å². The summed E-state index contributed by atoms with van der Waals surface area (Å²) in [6.45, 7) is 0.952. The van der Waals surface area contributed by atoms with Gasteiger partial charge >= 0.3 is 6.09 Å². The molecule has 0 aliphatic carbocycles. The largest absolute Gasteiger partial charge is 0.465 e. The van der Waals surface area contributed by atoms with Gasteiger partial charge in [0, 0.05) is 6.54 Å². The zero-order chi connectivity index (χ0) is 11.5. The van der Waals surface area contributed by atoms with Crippen molar-refractivity contribution in [3.8, 4) is 0 Å². The van der Waals surface area contributed by atoms with Crippen LogP contribution in [-0.2, 0) is 4.74 Å². The molecule has 5 heteroatoms. The van der Waals surface area contributed by atoms with Crippen LogP contribution in [0.25, 0.3) is 0 Å². The third kappa shape index (κ3) is 2.30. The summed E-state index contributed by atoms with van der Waals surface area (Å²) in [5.74, 6) is -0.339. The van der Waals surface area contributed by atoms with Gasteiger partial charge in [0.05, 0.1) is 13.2 Å². The molecule has 1 aromatic rings. The average Bonchev–Trinajstić information content (AvgIpc) is 2.29. The average molecular weight is 225 g/mol. The van der Waals surface area contributed by atoms with Crippen LogP contribution in [0.3, 0.4) is 0 Å². The molecule has 1 aliphatic heterocycles. The molecule has 2 rings (SSSR count). The first-order chi connectivity index (χ1) is 7.66. The highest BCUT2D eigenvalue weighted by Gasteiger charge is 2.24. The highest BCUT2D eigenvalue weighted by atomic mass is 19.1. The fourth-order valence-electron chi connectivity index (χ4n) is 1.73. The van der Waals surface area contributed by atoms with E-state index in [1.165, 1.54) is 17.0 Å². The predicted molar refractivity (Wildman–Crippen MR) is 54.7 cm³/mol. The molecule has 1 amide bonds. The molecule has 1 atom stereocenters. The lowest BCUT2D eigenvalue weighted by atomic mass is 10.1. The maximum absolute atomic E-state index is 13.0. The topological polar surface area (TPSA) is 49.8 Å². The summed E-state index contributed by atoms with van der Waals surface area (Å²) in [6.07, 6.45) is -1.34. The number of ether oxygens (including phenoxy) is 1. The first kappa shape index (κ1) is 10.9. The van der Waals surface area contributed by atoms with Gasteiger partial charge in [0.25, 0.3) is 0 Å². The van der Waals surface area contributed by atoms with Crippen LogP contribution in [0.4, 0.5) is 9.18 Å². The Morgan fingerprint density at radius 2 is 2.38 bits per heavy atom. The molecule has 1 N–H and O–H groups in total. The van der Waals surface area contributed by atoms with Crippen molar-refractivity contribution in [2.45, 2.75) is 6.10 Å². The number of carboxylic acid groups (broad SMARTS) is 1. The van der Waals surface area contributed by atoms with Crippen LogP contribution in [0.15, 0.2) is 24.3 Å². The summed E-state index contributed by atoms with van der Waals surface area (Å²) in [6, 6.07) is 6.05. The van der Waals surface area contributed by atoms with Gasteiger partial charge in [0.1, 0.15) is 11.9 Å². The van der Waals surface area contributed by atoms with E-state index in [1.807, 2.05) is 0 Å². The third-order valence-corrected chi connectivity index (χ3v) is 2.56. The van der Waals surface area contributed by atoms with E-state index in [4.69, 9.17) is 9.84 Å². The number of halogens is 1. The van der Waals surface area contributed by atoms with E-state index in [9.17, 15) is 9.18 Å². The lowest BCUT2D eigenvalue weighted by Crippen LogP contribution is -2.41. The molecule has 1 aliphatic rings. The van der Waals surface area contributed by atoms with E-state index in [1.54, 1.807) is 12.1 Å². The quantitative estimate of drug-likeness (QED) is 0.793. The second-order valence-electron chi connectivity index (χ2n) is 3.64. The zero-order valence-electron chi connectivity index (χ0n) is 8.60. The van der Waals surface area contributed by atoms with Crippen LogP contribution in [-0.4, -0.2) is 35.8 Å². The minimum absolute atomic E-state index is 0.249. The first-order valence-electron chi connectivity index (χ1n) is 5.02. The zero-order valence-corrected chi connectivity index (χ0v) is 8.60.